The molecule has 1 aliphatic rings. The van der Waals surface area contributed by atoms with Crippen LogP contribution in [0.25, 0.3) is 0 Å². The predicted molar refractivity (Wildman–Crippen MR) is 79.7 cm³/mol. The van der Waals surface area contributed by atoms with Crippen LogP contribution in [0.5, 0.6) is 0 Å². The lowest BCUT2D eigenvalue weighted by molar-refractivity contribution is -0.117. The molecule has 0 bridgehead atoms. The van der Waals surface area contributed by atoms with Gasteiger partial charge in [0, 0.05) is 37.3 Å². The van der Waals surface area contributed by atoms with E-state index in [4.69, 9.17) is 5.73 Å². The van der Waals surface area contributed by atoms with Crippen LogP contribution in [0, 0.1) is 0 Å². The summed E-state index contributed by atoms with van der Waals surface area (Å²) in [5.41, 5.74) is 8.42. The number of aryl methyl sites for hydroxylation is 1. The Balaban J connectivity index is 2.15. The number of nitrogens with zero attached hydrogens (tertiary/aromatic N) is 1. The fourth-order valence-electron chi connectivity index (χ4n) is 2.51. The minimum atomic E-state index is -0.152. The first kappa shape index (κ1) is 14.5. The second-order valence-corrected chi connectivity index (χ2v) is 5.35. The fraction of sp³-hybridized carbons (Fsp3) is 0.467. The molecule has 3 N–H and O–H groups in total. The van der Waals surface area contributed by atoms with Gasteiger partial charge in [-0.2, -0.15) is 0 Å². The van der Waals surface area contributed by atoms with Crippen molar-refractivity contribution in [2.75, 3.05) is 16.8 Å². The number of amides is 2. The van der Waals surface area contributed by atoms with Gasteiger partial charge in [-0.15, -0.1) is 0 Å². The molecule has 0 spiro atoms. The van der Waals surface area contributed by atoms with Crippen molar-refractivity contribution in [3.05, 3.63) is 23.8 Å². The number of benzene rings is 1. The largest absolute Gasteiger partial charge is 0.327 e. The van der Waals surface area contributed by atoms with Crippen LogP contribution in [0.2, 0.25) is 0 Å². The standard InChI is InChI=1S/C15H21N3O2/c1-10(16)8-15(20)17-13-5-6-14-12(9-13)4-3-7-18(14)11(2)19/h5-6,9-10H,3-4,7-8,16H2,1-2H3,(H,17,20). The Kier molecular flexibility index (Phi) is 4.39. The molecule has 0 saturated carbocycles. The van der Waals surface area contributed by atoms with Gasteiger partial charge in [-0.05, 0) is 43.5 Å². The number of carbonyl (C=O) groups is 2. The van der Waals surface area contributed by atoms with Gasteiger partial charge in [-0.25, -0.2) is 0 Å². The van der Waals surface area contributed by atoms with Gasteiger partial charge in [-0.3, -0.25) is 9.59 Å². The van der Waals surface area contributed by atoms with Crippen molar-refractivity contribution in [2.45, 2.75) is 39.2 Å². The molecule has 1 aromatic rings. The maximum absolute atomic E-state index is 11.7. The topological polar surface area (TPSA) is 75.4 Å². The van der Waals surface area contributed by atoms with E-state index in [1.807, 2.05) is 18.2 Å². The molecule has 20 heavy (non-hydrogen) atoms. The van der Waals surface area contributed by atoms with Crippen LogP contribution in [-0.4, -0.2) is 24.4 Å². The summed E-state index contributed by atoms with van der Waals surface area (Å²) in [6.45, 7) is 4.14. The number of hydrogen-bond acceptors (Lipinski definition) is 3. The van der Waals surface area contributed by atoms with Gasteiger partial charge in [0.1, 0.15) is 0 Å². The molecule has 1 atom stereocenters. The molecule has 108 valence electrons. The minimum absolute atomic E-state index is 0.0553. The molecular formula is C15H21N3O2. The van der Waals surface area contributed by atoms with Gasteiger partial charge in [0.05, 0.1) is 0 Å². The number of carbonyl (C=O) groups excluding carboxylic acids is 2. The average molecular weight is 275 g/mol. The molecule has 0 aliphatic carbocycles. The molecular weight excluding hydrogens is 254 g/mol. The van der Waals surface area contributed by atoms with Gasteiger partial charge in [0.2, 0.25) is 11.8 Å². The van der Waals surface area contributed by atoms with E-state index in [0.717, 1.165) is 36.3 Å². The third kappa shape index (κ3) is 3.36. The van der Waals surface area contributed by atoms with Crippen molar-refractivity contribution in [1.29, 1.82) is 0 Å². The fourth-order valence-corrected chi connectivity index (χ4v) is 2.51. The van der Waals surface area contributed by atoms with Gasteiger partial charge >= 0.3 is 0 Å². The normalized spacial score (nSPS) is 15.4. The van der Waals surface area contributed by atoms with Crippen LogP contribution in [0.1, 0.15) is 32.3 Å². The third-order valence-corrected chi connectivity index (χ3v) is 3.37. The second kappa shape index (κ2) is 6.05. The van der Waals surface area contributed by atoms with Gasteiger partial charge < -0.3 is 16.0 Å². The van der Waals surface area contributed by atoms with Crippen molar-refractivity contribution >= 4 is 23.2 Å². The van der Waals surface area contributed by atoms with Crippen LogP contribution in [0.3, 0.4) is 0 Å². The summed E-state index contributed by atoms with van der Waals surface area (Å²) in [7, 11) is 0. The molecule has 1 aliphatic heterocycles. The zero-order valence-corrected chi connectivity index (χ0v) is 12.0. The molecule has 5 heteroatoms. The number of anilines is 2. The van der Waals surface area contributed by atoms with Crippen LogP contribution in [0.15, 0.2) is 18.2 Å². The molecule has 2 amide bonds. The Bertz CT molecular complexity index is 526. The first-order valence-electron chi connectivity index (χ1n) is 6.94. The summed E-state index contributed by atoms with van der Waals surface area (Å²) < 4.78 is 0. The third-order valence-electron chi connectivity index (χ3n) is 3.37. The second-order valence-electron chi connectivity index (χ2n) is 5.35. The summed E-state index contributed by atoms with van der Waals surface area (Å²) in [4.78, 5) is 25.1. The van der Waals surface area contributed by atoms with E-state index in [1.54, 1.807) is 18.7 Å². The maximum Gasteiger partial charge on any atom is 0.225 e. The highest BCUT2D eigenvalue weighted by Gasteiger charge is 2.20. The van der Waals surface area contributed by atoms with Crippen LogP contribution < -0.4 is 16.0 Å². The molecule has 1 aromatic carbocycles. The lowest BCUT2D eigenvalue weighted by atomic mass is 10.0. The first-order chi connectivity index (χ1) is 9.47. The highest BCUT2D eigenvalue weighted by Crippen LogP contribution is 2.29. The SMILES string of the molecule is CC(=O)N1CCCc2cc(NC(=O)CC(C)N)ccc21. The Labute approximate surface area is 119 Å². The molecule has 5 nitrogen and oxygen atoms in total. The first-order valence-corrected chi connectivity index (χ1v) is 6.94. The average Bonchev–Trinajstić information content (AvgIpc) is 2.36. The highest BCUT2D eigenvalue weighted by molar-refractivity contribution is 5.94. The zero-order valence-electron chi connectivity index (χ0n) is 12.0. The van der Waals surface area contributed by atoms with E-state index in [0.29, 0.717) is 6.42 Å². The smallest absolute Gasteiger partial charge is 0.225 e. The Morgan fingerprint density at radius 3 is 2.85 bits per heavy atom. The Hall–Kier alpha value is -1.88. The van der Waals surface area contributed by atoms with Gasteiger partial charge in [0.15, 0.2) is 0 Å². The maximum atomic E-state index is 11.7. The number of nitrogens with two attached hydrogens (primary N) is 1. The summed E-state index contributed by atoms with van der Waals surface area (Å²) in [5.74, 6) is -0.0288. The molecule has 0 fully saturated rings. The van der Waals surface area contributed by atoms with Crippen LogP contribution >= 0.6 is 0 Å². The quantitative estimate of drug-likeness (QED) is 0.881. The van der Waals surface area contributed by atoms with E-state index < -0.39 is 0 Å². The Morgan fingerprint density at radius 1 is 1.45 bits per heavy atom. The van der Waals surface area contributed by atoms with Crippen molar-refractivity contribution in [1.82, 2.24) is 0 Å². The van der Waals surface area contributed by atoms with Crippen LogP contribution in [0.4, 0.5) is 11.4 Å². The van der Waals surface area contributed by atoms with Crippen molar-refractivity contribution < 1.29 is 9.59 Å². The number of rotatable bonds is 3. The van der Waals surface area contributed by atoms with Crippen molar-refractivity contribution in [3.63, 3.8) is 0 Å². The molecule has 0 radical (unpaired) electrons. The van der Waals surface area contributed by atoms with E-state index in [-0.39, 0.29) is 17.9 Å². The summed E-state index contributed by atoms with van der Waals surface area (Å²) >= 11 is 0. The zero-order chi connectivity index (χ0) is 14.7. The minimum Gasteiger partial charge on any atom is -0.327 e. The molecule has 1 unspecified atom stereocenters. The van der Waals surface area contributed by atoms with E-state index >= 15 is 0 Å². The number of fused-ring (bicyclic) bond motifs is 1. The number of nitrogens with one attached hydrogen (secondary N) is 1. The molecule has 2 rings (SSSR count). The Morgan fingerprint density at radius 2 is 2.20 bits per heavy atom. The monoisotopic (exact) mass is 275 g/mol. The predicted octanol–water partition coefficient (Wildman–Crippen LogP) is 1.66. The lowest BCUT2D eigenvalue weighted by Gasteiger charge is -2.29. The number of hydrogen-bond donors (Lipinski definition) is 2. The van der Waals surface area contributed by atoms with Gasteiger partial charge in [-0.1, -0.05) is 0 Å². The molecule has 0 saturated heterocycles. The van der Waals surface area contributed by atoms with Crippen LogP contribution in [-0.2, 0) is 16.0 Å². The summed E-state index contributed by atoms with van der Waals surface area (Å²) in [5, 5.41) is 2.85. The summed E-state index contributed by atoms with van der Waals surface area (Å²) in [6.07, 6.45) is 2.18. The van der Waals surface area contributed by atoms with E-state index in [9.17, 15) is 9.59 Å². The molecule has 0 aromatic heterocycles. The van der Waals surface area contributed by atoms with E-state index in [1.165, 1.54) is 0 Å². The highest BCUT2D eigenvalue weighted by atomic mass is 16.2. The van der Waals surface area contributed by atoms with Crippen molar-refractivity contribution in [3.8, 4) is 0 Å². The van der Waals surface area contributed by atoms with Gasteiger partial charge in [0.25, 0.3) is 0 Å². The van der Waals surface area contributed by atoms with Crippen molar-refractivity contribution in [2.24, 2.45) is 5.73 Å². The molecule has 1 heterocycles. The van der Waals surface area contributed by atoms with E-state index in [2.05, 4.69) is 5.32 Å². The summed E-state index contributed by atoms with van der Waals surface area (Å²) in [6, 6.07) is 5.53. The lowest BCUT2D eigenvalue weighted by Crippen LogP contribution is -2.33.